The molecule has 0 spiro atoms. The molecular formula is C49H85NO8. The molecule has 0 saturated carbocycles. The van der Waals surface area contributed by atoms with Crippen molar-refractivity contribution < 1.29 is 39.8 Å². The second-order valence-electron chi connectivity index (χ2n) is 15.8. The van der Waals surface area contributed by atoms with Crippen LogP contribution in [-0.4, -0.2) is 87.5 Å². The molecule has 0 aromatic rings. The second-order valence-corrected chi connectivity index (χ2v) is 15.8. The number of hydrogen-bond acceptors (Lipinski definition) is 8. The van der Waals surface area contributed by atoms with Gasteiger partial charge in [0.1, 0.15) is 24.4 Å². The molecule has 58 heavy (non-hydrogen) atoms. The summed E-state index contributed by atoms with van der Waals surface area (Å²) in [4.78, 5) is 12.9. The van der Waals surface area contributed by atoms with Crippen LogP contribution in [0.4, 0.5) is 0 Å². The van der Waals surface area contributed by atoms with Crippen LogP contribution in [0, 0.1) is 0 Å². The average molecular weight is 816 g/mol. The van der Waals surface area contributed by atoms with E-state index in [2.05, 4.69) is 79.9 Å². The molecule has 9 heteroatoms. The summed E-state index contributed by atoms with van der Waals surface area (Å²) in [6, 6.07) is -0.831. The standard InChI is InChI=1S/C49H85NO8/c1-3-5-7-9-11-13-15-16-17-18-19-20-21-22-23-24-25-26-27-28-29-31-33-35-37-39-45(53)50-42(41-57-49-48(56)47(55)46(54)44(40-51)58-49)43(52)38-36-34-32-30-14-12-10-8-6-4-2/h6,8,14-16,18-19,21-22,30,36,38,42-44,46-49,51-52,54-56H,3-5,7,9-13,17,20,23-29,31-35,37,39-41H2,1-2H3,(H,50,53)/b8-6+,16-15-,19-18-,22-21-,30-14+,38-36+. The Kier molecular flexibility index (Phi) is 35.9. The highest BCUT2D eigenvalue weighted by Gasteiger charge is 2.44. The van der Waals surface area contributed by atoms with Crippen molar-refractivity contribution in [3.63, 3.8) is 0 Å². The molecule has 1 fully saturated rings. The summed E-state index contributed by atoms with van der Waals surface area (Å²) in [6.45, 7) is 3.59. The van der Waals surface area contributed by atoms with Crippen molar-refractivity contribution in [3.05, 3.63) is 72.9 Å². The van der Waals surface area contributed by atoms with Crippen LogP contribution in [0.5, 0.6) is 0 Å². The molecule has 6 N–H and O–H groups in total. The molecule has 0 aromatic heterocycles. The van der Waals surface area contributed by atoms with Crippen LogP contribution < -0.4 is 5.32 Å². The van der Waals surface area contributed by atoms with Gasteiger partial charge in [-0.1, -0.05) is 164 Å². The lowest BCUT2D eigenvalue weighted by Gasteiger charge is -2.40. The first kappa shape index (κ1) is 53.6. The van der Waals surface area contributed by atoms with E-state index in [-0.39, 0.29) is 12.5 Å². The third-order valence-electron chi connectivity index (χ3n) is 10.5. The molecule has 7 unspecified atom stereocenters. The highest BCUT2D eigenvalue weighted by Crippen LogP contribution is 2.22. The lowest BCUT2D eigenvalue weighted by atomic mass is 9.99. The summed E-state index contributed by atoms with van der Waals surface area (Å²) in [7, 11) is 0. The number of carbonyl (C=O) groups excluding carboxylic acids is 1. The fourth-order valence-corrected chi connectivity index (χ4v) is 6.79. The zero-order valence-corrected chi connectivity index (χ0v) is 36.5. The maximum atomic E-state index is 12.9. The van der Waals surface area contributed by atoms with E-state index in [1.165, 1.54) is 77.0 Å². The third kappa shape index (κ3) is 29.0. The Morgan fingerprint density at radius 1 is 0.603 bits per heavy atom. The average Bonchev–Trinajstić information content (AvgIpc) is 3.22. The first-order valence-electron chi connectivity index (χ1n) is 23.2. The van der Waals surface area contributed by atoms with Gasteiger partial charge in [0, 0.05) is 6.42 Å². The van der Waals surface area contributed by atoms with Gasteiger partial charge in [0.2, 0.25) is 5.91 Å². The molecule has 334 valence electrons. The van der Waals surface area contributed by atoms with E-state index < -0.39 is 49.5 Å². The number of aliphatic hydroxyl groups excluding tert-OH is 5. The van der Waals surface area contributed by atoms with Gasteiger partial charge in [0.15, 0.2) is 6.29 Å². The van der Waals surface area contributed by atoms with Crippen molar-refractivity contribution in [2.75, 3.05) is 13.2 Å². The molecule has 9 nitrogen and oxygen atoms in total. The Hall–Kier alpha value is -2.37. The van der Waals surface area contributed by atoms with E-state index in [9.17, 15) is 30.3 Å². The molecule has 0 aromatic carbocycles. The summed E-state index contributed by atoms with van der Waals surface area (Å²) < 4.78 is 11.2. The van der Waals surface area contributed by atoms with Crippen LogP contribution in [0.1, 0.15) is 174 Å². The molecule has 0 radical (unpaired) electrons. The summed E-state index contributed by atoms with van der Waals surface area (Å²) in [5.74, 6) is -0.201. The predicted octanol–water partition coefficient (Wildman–Crippen LogP) is 9.78. The van der Waals surface area contributed by atoms with Crippen LogP contribution in [0.2, 0.25) is 0 Å². The fraction of sp³-hybridized carbons (Fsp3) is 0.735. The molecule has 7 atom stereocenters. The highest BCUT2D eigenvalue weighted by molar-refractivity contribution is 5.76. The van der Waals surface area contributed by atoms with E-state index in [1.807, 2.05) is 6.08 Å². The van der Waals surface area contributed by atoms with Gasteiger partial charge >= 0.3 is 0 Å². The van der Waals surface area contributed by atoms with Crippen LogP contribution in [0.25, 0.3) is 0 Å². The van der Waals surface area contributed by atoms with E-state index in [4.69, 9.17) is 9.47 Å². The van der Waals surface area contributed by atoms with Crippen molar-refractivity contribution >= 4 is 5.91 Å². The van der Waals surface area contributed by atoms with Crippen LogP contribution >= 0.6 is 0 Å². The van der Waals surface area contributed by atoms with Crippen molar-refractivity contribution in [3.8, 4) is 0 Å². The number of unbranched alkanes of at least 4 members (excludes halogenated alkanes) is 17. The van der Waals surface area contributed by atoms with E-state index in [1.54, 1.807) is 6.08 Å². The van der Waals surface area contributed by atoms with E-state index in [0.29, 0.717) is 6.42 Å². The summed E-state index contributed by atoms with van der Waals surface area (Å²) in [6.07, 6.45) is 45.4. The number of hydrogen-bond donors (Lipinski definition) is 6. The smallest absolute Gasteiger partial charge is 0.220 e. The van der Waals surface area contributed by atoms with Gasteiger partial charge in [0.25, 0.3) is 0 Å². The van der Waals surface area contributed by atoms with Crippen LogP contribution in [0.3, 0.4) is 0 Å². The normalized spacial score (nSPS) is 21.5. The van der Waals surface area contributed by atoms with Gasteiger partial charge in [-0.2, -0.15) is 0 Å². The zero-order chi connectivity index (χ0) is 42.3. The first-order valence-corrected chi connectivity index (χ1v) is 23.2. The third-order valence-corrected chi connectivity index (χ3v) is 10.5. The topological polar surface area (TPSA) is 149 Å². The number of rotatable bonds is 37. The Morgan fingerprint density at radius 2 is 1.09 bits per heavy atom. The molecule has 1 heterocycles. The largest absolute Gasteiger partial charge is 0.394 e. The van der Waals surface area contributed by atoms with Gasteiger partial charge in [-0.15, -0.1) is 0 Å². The van der Waals surface area contributed by atoms with Crippen molar-refractivity contribution in [1.29, 1.82) is 0 Å². The highest BCUT2D eigenvalue weighted by atomic mass is 16.7. The van der Waals surface area contributed by atoms with Gasteiger partial charge in [0.05, 0.1) is 25.4 Å². The van der Waals surface area contributed by atoms with Gasteiger partial charge in [-0.25, -0.2) is 0 Å². The summed E-state index contributed by atoms with van der Waals surface area (Å²) in [5, 5.41) is 54.0. The predicted molar refractivity (Wildman–Crippen MR) is 239 cm³/mol. The molecular weight excluding hydrogens is 731 g/mol. The minimum absolute atomic E-state index is 0.201. The second kappa shape index (κ2) is 38.8. The first-order chi connectivity index (χ1) is 28.3. The fourth-order valence-electron chi connectivity index (χ4n) is 6.79. The van der Waals surface area contributed by atoms with Gasteiger partial charge in [-0.3, -0.25) is 4.79 Å². The number of ether oxygens (including phenoxy) is 2. The van der Waals surface area contributed by atoms with Crippen molar-refractivity contribution in [2.24, 2.45) is 0 Å². The van der Waals surface area contributed by atoms with Gasteiger partial charge in [-0.05, 0) is 77.0 Å². The van der Waals surface area contributed by atoms with Crippen molar-refractivity contribution in [2.45, 2.75) is 217 Å². The Balaban J connectivity index is 2.27. The lowest BCUT2D eigenvalue weighted by molar-refractivity contribution is -0.302. The van der Waals surface area contributed by atoms with Crippen molar-refractivity contribution in [1.82, 2.24) is 5.32 Å². The Bertz CT molecular complexity index is 1130. The molecule has 1 saturated heterocycles. The number of allylic oxidation sites excluding steroid dienone is 11. The summed E-state index contributed by atoms with van der Waals surface area (Å²) in [5.41, 5.74) is 0. The van der Waals surface area contributed by atoms with Crippen LogP contribution in [0.15, 0.2) is 72.9 Å². The Morgan fingerprint density at radius 3 is 1.64 bits per heavy atom. The van der Waals surface area contributed by atoms with E-state index in [0.717, 1.165) is 77.0 Å². The molecule has 0 aliphatic carbocycles. The summed E-state index contributed by atoms with van der Waals surface area (Å²) >= 11 is 0. The molecule has 1 aliphatic rings. The number of aliphatic hydroxyl groups is 5. The molecule has 1 rings (SSSR count). The Labute approximate surface area is 353 Å². The minimum atomic E-state index is -1.58. The number of carbonyl (C=O) groups is 1. The molecule has 1 aliphatic heterocycles. The monoisotopic (exact) mass is 816 g/mol. The van der Waals surface area contributed by atoms with Gasteiger partial charge < -0.3 is 40.3 Å². The lowest BCUT2D eigenvalue weighted by Crippen LogP contribution is -2.60. The maximum absolute atomic E-state index is 12.9. The quantitative estimate of drug-likeness (QED) is 0.0268. The zero-order valence-electron chi connectivity index (χ0n) is 36.5. The number of nitrogens with one attached hydrogen (secondary N) is 1. The minimum Gasteiger partial charge on any atom is -0.394 e. The maximum Gasteiger partial charge on any atom is 0.220 e. The SMILES string of the molecule is CC/C=C/CC/C=C/CC/C=C/C(O)C(COC1OC(CO)C(O)C(O)C1O)NC(=O)CCCCCCCCCCCC/C=C\C/C=C\C/C=C\CCCCCCC. The van der Waals surface area contributed by atoms with Crippen LogP contribution in [-0.2, 0) is 14.3 Å². The number of amides is 1. The molecule has 0 bridgehead atoms. The molecule has 1 amide bonds. The van der Waals surface area contributed by atoms with E-state index >= 15 is 0 Å².